The van der Waals surface area contributed by atoms with E-state index in [-0.39, 0.29) is 41.8 Å². The van der Waals surface area contributed by atoms with Crippen molar-refractivity contribution in [3.8, 4) is 0 Å². The van der Waals surface area contributed by atoms with Crippen LogP contribution in [0.4, 0.5) is 16.2 Å². The van der Waals surface area contributed by atoms with Crippen molar-refractivity contribution in [2.45, 2.75) is 78.9 Å². The van der Waals surface area contributed by atoms with E-state index in [9.17, 15) is 9.59 Å². The number of para-hydroxylation sites is 1. The zero-order valence-corrected chi connectivity index (χ0v) is 26.2. The second kappa shape index (κ2) is 15.2. The van der Waals surface area contributed by atoms with Crippen LogP contribution in [0.2, 0.25) is 10.0 Å². The smallest absolute Gasteiger partial charge is 0.321 e. The van der Waals surface area contributed by atoms with Crippen LogP contribution in [-0.4, -0.2) is 41.6 Å². The lowest BCUT2D eigenvalue weighted by Gasteiger charge is -2.28. The minimum Gasteiger partial charge on any atom is -0.474 e. The number of amides is 3. The number of halogens is 2. The number of hydrogen-bond acceptors (Lipinski definition) is 4. The SMILES string of the molecule is C=C(NC(CC(=O)Nc1ccc(C(C)CCN(CC)C(=O)Nc2c(Cl)cccc2Cl)cc1)C(C)C)OC(C)(C)C. The van der Waals surface area contributed by atoms with Gasteiger partial charge in [0.15, 0.2) is 5.88 Å². The summed E-state index contributed by atoms with van der Waals surface area (Å²) in [6, 6.07) is 12.6. The number of carbonyl (C=O) groups excluding carboxylic acids is 2. The predicted octanol–water partition coefficient (Wildman–Crippen LogP) is 8.27. The van der Waals surface area contributed by atoms with E-state index in [1.165, 1.54) is 0 Å². The third kappa shape index (κ3) is 10.9. The van der Waals surface area contributed by atoms with E-state index in [1.807, 2.05) is 52.0 Å². The van der Waals surface area contributed by atoms with Crippen molar-refractivity contribution in [3.05, 3.63) is 70.5 Å². The molecule has 3 amide bonds. The third-order valence-electron chi connectivity index (χ3n) is 6.44. The maximum atomic E-state index is 12.8. The van der Waals surface area contributed by atoms with Crippen LogP contribution >= 0.6 is 23.2 Å². The topological polar surface area (TPSA) is 82.7 Å². The standard InChI is InChI=1S/C31H44Cl2N4O3/c1-9-37(30(39)36-29-25(32)11-10-12-26(29)33)18-17-21(4)23-13-15-24(16-14-23)35-28(38)19-27(20(2)3)34-22(5)40-31(6,7)8/h10-16,20-21,27,34H,5,9,17-19H2,1-4,6-8H3,(H,35,38)(H,36,39). The van der Waals surface area contributed by atoms with E-state index in [0.29, 0.717) is 34.7 Å². The molecule has 3 N–H and O–H groups in total. The van der Waals surface area contributed by atoms with E-state index in [4.69, 9.17) is 27.9 Å². The molecule has 0 fully saturated rings. The molecule has 9 heteroatoms. The van der Waals surface area contributed by atoms with Gasteiger partial charge in [0.25, 0.3) is 0 Å². The molecule has 0 aromatic heterocycles. The van der Waals surface area contributed by atoms with E-state index in [2.05, 4.69) is 43.3 Å². The third-order valence-corrected chi connectivity index (χ3v) is 7.07. The van der Waals surface area contributed by atoms with Crippen molar-refractivity contribution >= 4 is 46.5 Å². The lowest BCUT2D eigenvalue weighted by Crippen LogP contribution is -2.38. The average molecular weight is 592 g/mol. The van der Waals surface area contributed by atoms with E-state index < -0.39 is 0 Å². The predicted molar refractivity (Wildman–Crippen MR) is 167 cm³/mol. The van der Waals surface area contributed by atoms with Crippen LogP contribution in [0.15, 0.2) is 54.9 Å². The number of hydrogen-bond donors (Lipinski definition) is 3. The van der Waals surface area contributed by atoms with Gasteiger partial charge in [-0.05, 0) is 82.4 Å². The molecule has 40 heavy (non-hydrogen) atoms. The molecule has 0 aliphatic heterocycles. The second-order valence-electron chi connectivity index (χ2n) is 11.3. The maximum absolute atomic E-state index is 12.8. The summed E-state index contributed by atoms with van der Waals surface area (Å²) >= 11 is 12.4. The molecule has 0 bridgehead atoms. The molecule has 0 radical (unpaired) electrons. The number of ether oxygens (including phenoxy) is 1. The highest BCUT2D eigenvalue weighted by Crippen LogP contribution is 2.30. The Hall–Kier alpha value is -2.90. The Morgan fingerprint density at radius 3 is 2.12 bits per heavy atom. The molecule has 7 nitrogen and oxygen atoms in total. The molecule has 0 spiro atoms. The molecule has 0 saturated carbocycles. The summed E-state index contributed by atoms with van der Waals surface area (Å²) in [6.45, 7) is 19.1. The van der Waals surface area contributed by atoms with E-state index in [1.54, 1.807) is 23.1 Å². The zero-order valence-electron chi connectivity index (χ0n) is 24.7. The lowest BCUT2D eigenvalue weighted by atomic mass is 9.97. The second-order valence-corrected chi connectivity index (χ2v) is 12.1. The zero-order chi connectivity index (χ0) is 30.0. The first kappa shape index (κ1) is 33.3. The number of rotatable bonds is 13. The van der Waals surface area contributed by atoms with Crippen LogP contribution in [0.3, 0.4) is 0 Å². The Labute approximate surface area is 249 Å². The Morgan fingerprint density at radius 1 is 1.00 bits per heavy atom. The number of benzene rings is 2. The van der Waals surface area contributed by atoms with Gasteiger partial charge >= 0.3 is 6.03 Å². The first-order valence-electron chi connectivity index (χ1n) is 13.7. The average Bonchev–Trinajstić information content (AvgIpc) is 2.85. The van der Waals surface area contributed by atoms with Gasteiger partial charge in [-0.3, -0.25) is 4.79 Å². The van der Waals surface area contributed by atoms with Crippen molar-refractivity contribution in [2.75, 3.05) is 23.7 Å². The summed E-state index contributed by atoms with van der Waals surface area (Å²) < 4.78 is 5.77. The molecule has 2 unspecified atom stereocenters. The van der Waals surface area contributed by atoms with Gasteiger partial charge in [-0.2, -0.15) is 0 Å². The Kier molecular flexibility index (Phi) is 12.7. The first-order chi connectivity index (χ1) is 18.7. The highest BCUT2D eigenvalue weighted by molar-refractivity contribution is 6.39. The van der Waals surface area contributed by atoms with Crippen LogP contribution in [0.1, 0.15) is 72.8 Å². The minimum absolute atomic E-state index is 0.0845. The fourth-order valence-electron chi connectivity index (χ4n) is 4.09. The van der Waals surface area contributed by atoms with Crippen LogP contribution in [0.5, 0.6) is 0 Å². The molecule has 2 aromatic rings. The normalized spacial score (nSPS) is 12.8. The van der Waals surface area contributed by atoms with Crippen LogP contribution in [-0.2, 0) is 9.53 Å². The van der Waals surface area contributed by atoms with Crippen LogP contribution in [0, 0.1) is 5.92 Å². The molecule has 0 aliphatic carbocycles. The Morgan fingerprint density at radius 2 is 1.60 bits per heavy atom. The summed E-state index contributed by atoms with van der Waals surface area (Å²) in [5.41, 5.74) is 1.91. The van der Waals surface area contributed by atoms with E-state index in [0.717, 1.165) is 17.7 Å². The highest BCUT2D eigenvalue weighted by Gasteiger charge is 2.21. The van der Waals surface area contributed by atoms with Gasteiger partial charge < -0.3 is 25.6 Å². The molecule has 2 aromatic carbocycles. The monoisotopic (exact) mass is 590 g/mol. The van der Waals surface area contributed by atoms with Gasteiger partial charge in [0.2, 0.25) is 5.91 Å². The van der Waals surface area contributed by atoms with Crippen molar-refractivity contribution in [2.24, 2.45) is 5.92 Å². The van der Waals surface area contributed by atoms with Crippen molar-refractivity contribution in [3.63, 3.8) is 0 Å². The first-order valence-corrected chi connectivity index (χ1v) is 14.5. The number of carbonyl (C=O) groups is 2. The molecule has 2 atom stereocenters. The lowest BCUT2D eigenvalue weighted by molar-refractivity contribution is -0.117. The van der Waals surface area contributed by atoms with Gasteiger partial charge in [0.05, 0.1) is 15.7 Å². The number of urea groups is 1. The molecule has 0 aliphatic rings. The fraction of sp³-hybridized carbons (Fsp3) is 0.484. The van der Waals surface area contributed by atoms with Crippen molar-refractivity contribution in [1.82, 2.24) is 10.2 Å². The van der Waals surface area contributed by atoms with Crippen molar-refractivity contribution < 1.29 is 14.3 Å². The minimum atomic E-state index is -0.362. The summed E-state index contributed by atoms with van der Waals surface area (Å²) in [6.07, 6.45) is 1.06. The summed E-state index contributed by atoms with van der Waals surface area (Å²) in [5, 5.41) is 9.85. The molecular formula is C31H44Cl2N4O3. The van der Waals surface area contributed by atoms with Crippen molar-refractivity contribution in [1.29, 1.82) is 0 Å². The summed E-state index contributed by atoms with van der Waals surface area (Å²) in [4.78, 5) is 27.3. The number of anilines is 2. The van der Waals surface area contributed by atoms with E-state index >= 15 is 0 Å². The van der Waals surface area contributed by atoms with Gasteiger partial charge in [-0.1, -0.05) is 62.2 Å². The molecule has 0 saturated heterocycles. The molecule has 2 rings (SSSR count). The summed E-state index contributed by atoms with van der Waals surface area (Å²) in [7, 11) is 0. The highest BCUT2D eigenvalue weighted by atomic mass is 35.5. The van der Waals surface area contributed by atoms with Crippen LogP contribution in [0.25, 0.3) is 0 Å². The quantitative estimate of drug-likeness (QED) is 0.205. The van der Waals surface area contributed by atoms with Gasteiger partial charge in [0, 0.05) is 31.2 Å². The Balaban J connectivity index is 1.90. The maximum Gasteiger partial charge on any atom is 0.321 e. The molecule has 220 valence electrons. The van der Waals surface area contributed by atoms with Gasteiger partial charge in [-0.15, -0.1) is 0 Å². The van der Waals surface area contributed by atoms with Gasteiger partial charge in [-0.25, -0.2) is 4.79 Å². The fourth-order valence-corrected chi connectivity index (χ4v) is 4.58. The van der Waals surface area contributed by atoms with Crippen LogP contribution < -0.4 is 16.0 Å². The Bertz CT molecular complexity index is 1130. The van der Waals surface area contributed by atoms with Gasteiger partial charge in [0.1, 0.15) is 5.60 Å². The molecular weight excluding hydrogens is 547 g/mol. The largest absolute Gasteiger partial charge is 0.474 e. The number of nitrogens with zero attached hydrogens (tertiary/aromatic N) is 1. The summed E-state index contributed by atoms with van der Waals surface area (Å²) in [5.74, 6) is 0.794. The number of nitrogens with one attached hydrogen (secondary N) is 3. The molecule has 0 heterocycles.